The number of benzene rings is 2. The highest BCUT2D eigenvalue weighted by molar-refractivity contribution is 7.92. The summed E-state index contributed by atoms with van der Waals surface area (Å²) in [5.41, 5.74) is 1.37. The highest BCUT2D eigenvalue weighted by Crippen LogP contribution is 2.37. The molecule has 0 aliphatic carbocycles. The predicted molar refractivity (Wildman–Crippen MR) is 109 cm³/mol. The van der Waals surface area contributed by atoms with E-state index in [4.69, 9.17) is 14.2 Å². The number of rotatable bonds is 7. The molecule has 8 heteroatoms. The van der Waals surface area contributed by atoms with E-state index in [1.54, 1.807) is 67.8 Å². The molecule has 0 saturated carbocycles. The molecule has 29 heavy (non-hydrogen) atoms. The molecule has 1 aliphatic heterocycles. The first-order valence-corrected chi connectivity index (χ1v) is 10.7. The predicted octanol–water partition coefficient (Wildman–Crippen LogP) is 3.96. The van der Waals surface area contributed by atoms with Gasteiger partial charge in [0.05, 0.1) is 18.0 Å². The third-order valence-electron chi connectivity index (χ3n) is 4.45. The maximum Gasteiger partial charge on any atom is 0.235 e. The molecule has 1 aliphatic rings. The minimum atomic E-state index is -3.46. The maximum atomic E-state index is 12.6. The van der Waals surface area contributed by atoms with Crippen LogP contribution in [-0.4, -0.2) is 25.9 Å². The lowest BCUT2D eigenvalue weighted by Gasteiger charge is -2.24. The molecule has 150 valence electrons. The Bertz CT molecular complexity index is 1090. The number of ether oxygens (including phenoxy) is 3. The van der Waals surface area contributed by atoms with Gasteiger partial charge in [0.15, 0.2) is 11.5 Å². The van der Waals surface area contributed by atoms with Crippen LogP contribution < -0.4 is 18.5 Å². The van der Waals surface area contributed by atoms with E-state index >= 15 is 0 Å². The second-order valence-electron chi connectivity index (χ2n) is 6.38. The van der Waals surface area contributed by atoms with Crippen molar-refractivity contribution in [1.82, 2.24) is 4.98 Å². The molecule has 0 unspecified atom stereocenters. The first-order chi connectivity index (χ1) is 14.0. The summed E-state index contributed by atoms with van der Waals surface area (Å²) in [6, 6.07) is 15.9. The number of hydrogen-bond donors (Lipinski definition) is 0. The van der Waals surface area contributed by atoms with Crippen molar-refractivity contribution in [3.05, 3.63) is 72.6 Å². The lowest BCUT2D eigenvalue weighted by atomic mass is 10.2. The number of anilines is 1. The summed E-state index contributed by atoms with van der Waals surface area (Å²) in [6.45, 7) is 2.04. The van der Waals surface area contributed by atoms with Crippen molar-refractivity contribution >= 4 is 15.7 Å². The minimum Gasteiger partial charge on any atom is -0.457 e. The summed E-state index contributed by atoms with van der Waals surface area (Å²) < 4.78 is 43.2. The molecule has 2 aromatic carbocycles. The fraction of sp³-hybridized carbons (Fsp3) is 0.190. The molecule has 0 fully saturated rings. The van der Waals surface area contributed by atoms with Crippen molar-refractivity contribution in [3.8, 4) is 23.0 Å². The Morgan fingerprint density at radius 3 is 2.52 bits per heavy atom. The van der Waals surface area contributed by atoms with Crippen molar-refractivity contribution in [2.45, 2.75) is 13.5 Å². The van der Waals surface area contributed by atoms with Crippen molar-refractivity contribution in [1.29, 1.82) is 0 Å². The van der Waals surface area contributed by atoms with Crippen LogP contribution in [0.5, 0.6) is 23.0 Å². The van der Waals surface area contributed by atoms with Gasteiger partial charge in [0.2, 0.25) is 16.8 Å². The van der Waals surface area contributed by atoms with Gasteiger partial charge in [-0.1, -0.05) is 6.07 Å². The molecule has 0 radical (unpaired) electrons. The van der Waals surface area contributed by atoms with E-state index in [0.29, 0.717) is 28.7 Å². The van der Waals surface area contributed by atoms with Crippen LogP contribution in [0, 0.1) is 0 Å². The third-order valence-corrected chi connectivity index (χ3v) is 6.20. The van der Waals surface area contributed by atoms with Crippen LogP contribution in [0.1, 0.15) is 12.5 Å². The topological polar surface area (TPSA) is 78.0 Å². The lowest BCUT2D eigenvalue weighted by molar-refractivity contribution is 0.174. The first kappa shape index (κ1) is 19.1. The molecule has 0 atom stereocenters. The van der Waals surface area contributed by atoms with Crippen LogP contribution in [0.4, 0.5) is 5.69 Å². The van der Waals surface area contributed by atoms with Crippen LogP contribution in [0.3, 0.4) is 0 Å². The summed E-state index contributed by atoms with van der Waals surface area (Å²) in [5.74, 6) is 2.51. The molecule has 2 heterocycles. The normalized spacial score (nSPS) is 12.6. The van der Waals surface area contributed by atoms with E-state index in [9.17, 15) is 8.42 Å². The molecule has 0 saturated heterocycles. The van der Waals surface area contributed by atoms with E-state index in [-0.39, 0.29) is 19.1 Å². The van der Waals surface area contributed by atoms with Gasteiger partial charge in [-0.3, -0.25) is 9.29 Å². The van der Waals surface area contributed by atoms with E-state index in [0.717, 1.165) is 5.56 Å². The van der Waals surface area contributed by atoms with Crippen molar-refractivity contribution in [2.24, 2.45) is 0 Å². The Morgan fingerprint density at radius 1 is 1.03 bits per heavy atom. The Hall–Kier alpha value is -3.26. The minimum absolute atomic E-state index is 0.00269. The number of hydrogen-bond acceptors (Lipinski definition) is 6. The van der Waals surface area contributed by atoms with Crippen molar-refractivity contribution in [2.75, 3.05) is 16.9 Å². The van der Waals surface area contributed by atoms with Crippen LogP contribution in [0.2, 0.25) is 0 Å². The fourth-order valence-corrected chi connectivity index (χ4v) is 4.02. The molecule has 0 N–H and O–H groups in total. The fourth-order valence-electron chi connectivity index (χ4n) is 2.92. The average molecular weight is 412 g/mol. The Labute approximate surface area is 169 Å². The largest absolute Gasteiger partial charge is 0.457 e. The number of aromatic nitrogens is 1. The molecule has 3 aromatic rings. The van der Waals surface area contributed by atoms with Gasteiger partial charge in [-0.2, -0.15) is 0 Å². The van der Waals surface area contributed by atoms with Gasteiger partial charge in [-0.15, -0.1) is 0 Å². The monoisotopic (exact) mass is 412 g/mol. The smallest absolute Gasteiger partial charge is 0.235 e. The number of nitrogens with zero attached hydrogens (tertiary/aromatic N) is 2. The van der Waals surface area contributed by atoms with Gasteiger partial charge in [0.1, 0.15) is 11.5 Å². The van der Waals surface area contributed by atoms with Crippen LogP contribution in [0.25, 0.3) is 0 Å². The third kappa shape index (κ3) is 4.27. The van der Waals surface area contributed by atoms with Gasteiger partial charge < -0.3 is 14.2 Å². The standard InChI is InChI=1S/C21H20N2O5S/c1-2-29(24,25)23(14-16-4-3-11-22-13-16)17-5-7-18(8-6-17)28-19-9-10-20-21(12-19)27-15-26-20/h3-13H,2,14-15H2,1H3. The van der Waals surface area contributed by atoms with Gasteiger partial charge in [0, 0.05) is 18.5 Å². The molecule has 7 nitrogen and oxygen atoms in total. The zero-order valence-corrected chi connectivity index (χ0v) is 16.6. The van der Waals surface area contributed by atoms with Crippen LogP contribution in [0.15, 0.2) is 67.0 Å². The van der Waals surface area contributed by atoms with Gasteiger partial charge >= 0.3 is 0 Å². The maximum absolute atomic E-state index is 12.6. The SMILES string of the molecule is CCS(=O)(=O)N(Cc1cccnc1)c1ccc(Oc2ccc3c(c2)OCO3)cc1. The summed E-state index contributed by atoms with van der Waals surface area (Å²) in [5, 5.41) is 0. The number of sulfonamides is 1. The molecule has 0 amide bonds. The second-order valence-corrected chi connectivity index (χ2v) is 8.56. The first-order valence-electron chi connectivity index (χ1n) is 9.12. The summed E-state index contributed by atoms with van der Waals surface area (Å²) in [4.78, 5) is 4.06. The zero-order chi connectivity index (χ0) is 20.3. The highest BCUT2D eigenvalue weighted by Gasteiger charge is 2.21. The molecule has 0 bridgehead atoms. The van der Waals surface area contributed by atoms with Crippen molar-refractivity contribution < 1.29 is 22.6 Å². The van der Waals surface area contributed by atoms with E-state index in [2.05, 4.69) is 4.98 Å². The molecular formula is C21H20N2O5S. The molecule has 0 spiro atoms. The number of fused-ring (bicyclic) bond motifs is 1. The molecular weight excluding hydrogens is 392 g/mol. The summed E-state index contributed by atoms with van der Waals surface area (Å²) in [6.07, 6.45) is 3.32. The van der Waals surface area contributed by atoms with Crippen LogP contribution >= 0.6 is 0 Å². The molecule has 1 aromatic heterocycles. The Morgan fingerprint density at radius 2 is 1.79 bits per heavy atom. The van der Waals surface area contributed by atoms with Crippen LogP contribution in [-0.2, 0) is 16.6 Å². The van der Waals surface area contributed by atoms with Gasteiger partial charge in [-0.25, -0.2) is 8.42 Å². The van der Waals surface area contributed by atoms with E-state index in [1.807, 2.05) is 6.07 Å². The van der Waals surface area contributed by atoms with Gasteiger partial charge in [0.25, 0.3) is 0 Å². The Kier molecular flexibility index (Phi) is 5.26. The van der Waals surface area contributed by atoms with E-state index in [1.165, 1.54) is 4.31 Å². The summed E-state index contributed by atoms with van der Waals surface area (Å²) >= 11 is 0. The van der Waals surface area contributed by atoms with E-state index < -0.39 is 10.0 Å². The quantitative estimate of drug-likeness (QED) is 0.585. The zero-order valence-electron chi connectivity index (χ0n) is 15.8. The molecule has 4 rings (SSSR count). The van der Waals surface area contributed by atoms with Gasteiger partial charge in [-0.05, 0) is 55.0 Å². The Balaban J connectivity index is 1.55. The second kappa shape index (κ2) is 8.00. The lowest BCUT2D eigenvalue weighted by Crippen LogP contribution is -2.31. The summed E-state index contributed by atoms with van der Waals surface area (Å²) in [7, 11) is -3.46. The highest BCUT2D eigenvalue weighted by atomic mass is 32.2. The number of pyridine rings is 1. The van der Waals surface area contributed by atoms with Crippen molar-refractivity contribution in [3.63, 3.8) is 0 Å². The average Bonchev–Trinajstić information content (AvgIpc) is 3.21.